The van der Waals surface area contributed by atoms with Crippen molar-refractivity contribution in [2.24, 2.45) is 0 Å². The van der Waals surface area contributed by atoms with Crippen molar-refractivity contribution in [3.05, 3.63) is 35.4 Å². The molecule has 0 saturated carbocycles. The molecule has 0 aliphatic carbocycles. The first kappa shape index (κ1) is 17.6. The molecule has 1 amide bonds. The summed E-state index contributed by atoms with van der Waals surface area (Å²) in [5.74, 6) is 2.66. The molecule has 1 N–H and O–H groups in total. The number of hydrogen-bond donors (Lipinski definition) is 1. The Kier molecular flexibility index (Phi) is 6.24. The van der Waals surface area contributed by atoms with E-state index < -0.39 is 5.54 Å². The lowest BCUT2D eigenvalue weighted by atomic mass is 9.93. The van der Waals surface area contributed by atoms with Gasteiger partial charge in [-0.1, -0.05) is 38.3 Å². The Bertz CT molecular complexity index is 546. The van der Waals surface area contributed by atoms with Crippen molar-refractivity contribution >= 4 is 5.91 Å². The molecule has 1 aromatic rings. The third-order valence-electron chi connectivity index (χ3n) is 4.91. The van der Waals surface area contributed by atoms with E-state index in [0.29, 0.717) is 5.56 Å². The summed E-state index contributed by atoms with van der Waals surface area (Å²) in [6.07, 6.45) is 11.0. The van der Waals surface area contributed by atoms with Gasteiger partial charge in [-0.2, -0.15) is 0 Å². The van der Waals surface area contributed by atoms with E-state index in [1.807, 2.05) is 26.0 Å². The molecule has 1 aromatic carbocycles. The number of likely N-dealkylation sites (tertiary alicyclic amines) is 1. The monoisotopic (exact) mass is 312 g/mol. The second-order valence-corrected chi connectivity index (χ2v) is 6.42. The standard InChI is InChI=1S/C20H28N2O/c1-4-20(5-2,6-3)21-19(23)18-12-10-17(11-13-18)16-22-14-8-7-9-15-22/h1,10-13H,5-9,14-16H2,2-3H3,(H,21,23). The fourth-order valence-corrected chi connectivity index (χ4v) is 3.09. The molecule has 23 heavy (non-hydrogen) atoms. The fraction of sp³-hybridized carbons (Fsp3) is 0.550. The predicted molar refractivity (Wildman–Crippen MR) is 95.2 cm³/mol. The second-order valence-electron chi connectivity index (χ2n) is 6.42. The zero-order valence-electron chi connectivity index (χ0n) is 14.4. The summed E-state index contributed by atoms with van der Waals surface area (Å²) in [5.41, 5.74) is 1.40. The van der Waals surface area contributed by atoms with E-state index >= 15 is 0 Å². The summed E-state index contributed by atoms with van der Waals surface area (Å²) >= 11 is 0. The van der Waals surface area contributed by atoms with Crippen LogP contribution in [0.3, 0.4) is 0 Å². The largest absolute Gasteiger partial charge is 0.336 e. The number of terminal acetylenes is 1. The minimum absolute atomic E-state index is 0.0869. The van der Waals surface area contributed by atoms with Gasteiger partial charge in [0.05, 0.1) is 0 Å². The van der Waals surface area contributed by atoms with E-state index in [-0.39, 0.29) is 5.91 Å². The first-order chi connectivity index (χ1) is 11.1. The SMILES string of the molecule is C#CC(CC)(CC)NC(=O)c1ccc(CN2CCCCC2)cc1. The van der Waals surface area contributed by atoms with Gasteiger partial charge in [0, 0.05) is 12.1 Å². The predicted octanol–water partition coefficient (Wildman–Crippen LogP) is 3.59. The number of hydrogen-bond acceptors (Lipinski definition) is 2. The van der Waals surface area contributed by atoms with Crippen molar-refractivity contribution in [3.8, 4) is 12.3 Å². The van der Waals surface area contributed by atoms with E-state index in [4.69, 9.17) is 6.42 Å². The van der Waals surface area contributed by atoms with Gasteiger partial charge in [-0.05, 0) is 56.5 Å². The quantitative estimate of drug-likeness (QED) is 0.814. The number of piperidine rings is 1. The molecular formula is C20H28N2O. The molecule has 0 atom stereocenters. The van der Waals surface area contributed by atoms with Crippen molar-refractivity contribution in [1.82, 2.24) is 10.2 Å². The summed E-state index contributed by atoms with van der Waals surface area (Å²) in [5, 5.41) is 3.01. The molecule has 1 aliphatic heterocycles. The van der Waals surface area contributed by atoms with E-state index in [2.05, 4.69) is 28.3 Å². The number of carbonyl (C=O) groups excluding carboxylic acids is 1. The number of nitrogens with zero attached hydrogens (tertiary/aromatic N) is 1. The highest BCUT2D eigenvalue weighted by atomic mass is 16.1. The summed E-state index contributed by atoms with van der Waals surface area (Å²) in [4.78, 5) is 14.9. The molecule has 1 saturated heterocycles. The molecule has 1 fully saturated rings. The summed E-state index contributed by atoms with van der Waals surface area (Å²) in [6, 6.07) is 7.92. The molecule has 0 aromatic heterocycles. The zero-order valence-corrected chi connectivity index (χ0v) is 14.4. The number of carbonyl (C=O) groups is 1. The molecule has 1 aliphatic rings. The van der Waals surface area contributed by atoms with E-state index in [1.54, 1.807) is 0 Å². The average molecular weight is 312 g/mol. The molecule has 3 heteroatoms. The molecule has 0 spiro atoms. The summed E-state index contributed by atoms with van der Waals surface area (Å²) in [6.45, 7) is 7.34. The van der Waals surface area contributed by atoms with Crippen LogP contribution in [0.15, 0.2) is 24.3 Å². The van der Waals surface area contributed by atoms with Gasteiger partial charge in [0.1, 0.15) is 5.54 Å². The highest BCUT2D eigenvalue weighted by Crippen LogP contribution is 2.16. The minimum Gasteiger partial charge on any atom is -0.336 e. The summed E-state index contributed by atoms with van der Waals surface area (Å²) < 4.78 is 0. The van der Waals surface area contributed by atoms with Crippen LogP contribution in [-0.4, -0.2) is 29.4 Å². The second kappa shape index (κ2) is 8.17. The Balaban J connectivity index is 1.98. The van der Waals surface area contributed by atoms with Crippen LogP contribution < -0.4 is 5.32 Å². The lowest BCUT2D eigenvalue weighted by Gasteiger charge is -2.27. The molecule has 0 bridgehead atoms. The minimum atomic E-state index is -0.538. The van der Waals surface area contributed by atoms with Crippen LogP contribution in [0.25, 0.3) is 0 Å². The summed E-state index contributed by atoms with van der Waals surface area (Å²) in [7, 11) is 0. The number of benzene rings is 1. The smallest absolute Gasteiger partial charge is 0.252 e. The van der Waals surface area contributed by atoms with Crippen molar-refractivity contribution in [3.63, 3.8) is 0 Å². The highest BCUT2D eigenvalue weighted by Gasteiger charge is 2.25. The van der Waals surface area contributed by atoms with E-state index in [0.717, 1.165) is 19.4 Å². The van der Waals surface area contributed by atoms with Gasteiger partial charge in [-0.25, -0.2) is 0 Å². The Morgan fingerprint density at radius 3 is 2.30 bits per heavy atom. The normalized spacial score (nSPS) is 15.9. The van der Waals surface area contributed by atoms with Crippen LogP contribution in [0, 0.1) is 12.3 Å². The van der Waals surface area contributed by atoms with E-state index in [9.17, 15) is 4.79 Å². The number of nitrogens with one attached hydrogen (secondary N) is 1. The van der Waals surface area contributed by atoms with Crippen molar-refractivity contribution in [2.75, 3.05) is 13.1 Å². The maximum Gasteiger partial charge on any atom is 0.252 e. The lowest BCUT2D eigenvalue weighted by molar-refractivity contribution is 0.0916. The van der Waals surface area contributed by atoms with Crippen LogP contribution in [0.4, 0.5) is 0 Å². The number of rotatable bonds is 6. The average Bonchev–Trinajstić information content (AvgIpc) is 2.61. The maximum absolute atomic E-state index is 12.4. The van der Waals surface area contributed by atoms with Crippen molar-refractivity contribution < 1.29 is 4.79 Å². The van der Waals surface area contributed by atoms with Crippen LogP contribution in [0.5, 0.6) is 0 Å². The molecule has 0 radical (unpaired) electrons. The van der Waals surface area contributed by atoms with Crippen molar-refractivity contribution in [2.45, 2.75) is 58.0 Å². The maximum atomic E-state index is 12.4. The first-order valence-electron chi connectivity index (χ1n) is 8.74. The van der Waals surface area contributed by atoms with E-state index in [1.165, 1.54) is 37.9 Å². The van der Waals surface area contributed by atoms with Gasteiger partial charge in [0.2, 0.25) is 0 Å². The molecule has 124 valence electrons. The fourth-order valence-electron chi connectivity index (χ4n) is 3.09. The third kappa shape index (κ3) is 4.59. The first-order valence-corrected chi connectivity index (χ1v) is 8.74. The van der Waals surface area contributed by atoms with Crippen LogP contribution in [0.1, 0.15) is 61.9 Å². The van der Waals surface area contributed by atoms with Gasteiger partial charge in [0.15, 0.2) is 0 Å². The Morgan fingerprint density at radius 2 is 1.78 bits per heavy atom. The Morgan fingerprint density at radius 1 is 1.17 bits per heavy atom. The highest BCUT2D eigenvalue weighted by molar-refractivity contribution is 5.95. The van der Waals surface area contributed by atoms with Gasteiger partial charge in [-0.15, -0.1) is 6.42 Å². The molecule has 2 rings (SSSR count). The Hall–Kier alpha value is -1.79. The van der Waals surface area contributed by atoms with Gasteiger partial charge in [0.25, 0.3) is 5.91 Å². The van der Waals surface area contributed by atoms with Gasteiger partial charge < -0.3 is 5.32 Å². The molecular weight excluding hydrogens is 284 g/mol. The van der Waals surface area contributed by atoms with Crippen LogP contribution in [0.2, 0.25) is 0 Å². The lowest BCUT2D eigenvalue weighted by Crippen LogP contribution is -2.46. The molecule has 0 unspecified atom stereocenters. The zero-order chi connectivity index (χ0) is 16.7. The molecule has 3 nitrogen and oxygen atoms in total. The topological polar surface area (TPSA) is 32.3 Å². The van der Waals surface area contributed by atoms with Crippen LogP contribution in [-0.2, 0) is 6.54 Å². The molecule has 1 heterocycles. The Labute approximate surface area is 140 Å². The number of amides is 1. The van der Waals surface area contributed by atoms with Gasteiger partial charge >= 0.3 is 0 Å². The van der Waals surface area contributed by atoms with Gasteiger partial charge in [-0.3, -0.25) is 9.69 Å². The third-order valence-corrected chi connectivity index (χ3v) is 4.91. The van der Waals surface area contributed by atoms with Crippen LogP contribution >= 0.6 is 0 Å². The van der Waals surface area contributed by atoms with Crippen molar-refractivity contribution in [1.29, 1.82) is 0 Å².